The van der Waals surface area contributed by atoms with Gasteiger partial charge in [-0.15, -0.1) is 0 Å². The summed E-state index contributed by atoms with van der Waals surface area (Å²) in [6, 6.07) is 6.22. The molecule has 1 amide bonds. The van der Waals surface area contributed by atoms with Crippen molar-refractivity contribution in [1.82, 2.24) is 5.32 Å². The van der Waals surface area contributed by atoms with E-state index in [-0.39, 0.29) is 5.91 Å². The van der Waals surface area contributed by atoms with Crippen LogP contribution >= 0.6 is 0 Å². The van der Waals surface area contributed by atoms with Crippen LogP contribution in [0.3, 0.4) is 0 Å². The van der Waals surface area contributed by atoms with Crippen molar-refractivity contribution in [2.75, 3.05) is 12.4 Å². The average molecular weight is 246 g/mol. The summed E-state index contributed by atoms with van der Waals surface area (Å²) in [5.41, 5.74) is 3.16. The van der Waals surface area contributed by atoms with Crippen molar-refractivity contribution >= 4 is 11.6 Å². The Morgan fingerprint density at radius 1 is 1.22 bits per heavy atom. The van der Waals surface area contributed by atoms with E-state index in [4.69, 9.17) is 0 Å². The van der Waals surface area contributed by atoms with E-state index in [1.54, 1.807) is 7.05 Å². The monoisotopic (exact) mass is 246 g/mol. The van der Waals surface area contributed by atoms with Gasteiger partial charge in [0.1, 0.15) is 0 Å². The Labute approximate surface area is 109 Å². The first-order valence-electron chi connectivity index (χ1n) is 6.66. The lowest BCUT2D eigenvalue weighted by Crippen LogP contribution is -2.48. The quantitative estimate of drug-likeness (QED) is 0.860. The van der Waals surface area contributed by atoms with Crippen LogP contribution in [0, 0.1) is 0 Å². The molecule has 2 N–H and O–H groups in total. The lowest BCUT2D eigenvalue weighted by Gasteiger charge is -2.25. The Hall–Kier alpha value is -1.35. The van der Waals surface area contributed by atoms with E-state index in [0.717, 1.165) is 18.5 Å². The van der Waals surface area contributed by atoms with Gasteiger partial charge in [0.05, 0.1) is 5.54 Å². The van der Waals surface area contributed by atoms with Gasteiger partial charge < -0.3 is 10.6 Å². The lowest BCUT2D eigenvalue weighted by molar-refractivity contribution is -0.121. The van der Waals surface area contributed by atoms with Crippen molar-refractivity contribution in [3.05, 3.63) is 29.3 Å². The zero-order valence-corrected chi connectivity index (χ0v) is 11.5. The van der Waals surface area contributed by atoms with Crippen LogP contribution in [0.25, 0.3) is 0 Å². The fourth-order valence-electron chi connectivity index (χ4n) is 2.29. The molecule has 0 fully saturated rings. The van der Waals surface area contributed by atoms with Crippen molar-refractivity contribution in [3.8, 4) is 0 Å². The minimum Gasteiger partial charge on any atom is -0.324 e. The van der Waals surface area contributed by atoms with Crippen LogP contribution in [0.2, 0.25) is 0 Å². The van der Waals surface area contributed by atoms with Gasteiger partial charge in [0.25, 0.3) is 0 Å². The molecule has 1 aliphatic rings. The number of aryl methyl sites for hydroxylation is 1. The molecule has 0 atom stereocenters. The number of fused-ring (bicyclic) bond motifs is 1. The van der Waals surface area contributed by atoms with Crippen LogP contribution in [0.15, 0.2) is 18.2 Å². The number of hydrogen-bond acceptors (Lipinski definition) is 2. The van der Waals surface area contributed by atoms with E-state index in [1.807, 2.05) is 26.0 Å². The van der Waals surface area contributed by atoms with Gasteiger partial charge in [0.15, 0.2) is 0 Å². The van der Waals surface area contributed by atoms with Crippen LogP contribution < -0.4 is 10.6 Å². The summed E-state index contributed by atoms with van der Waals surface area (Å²) in [7, 11) is 1.81. The molecule has 2 rings (SSSR count). The molecule has 0 aliphatic heterocycles. The molecule has 3 heteroatoms. The first kappa shape index (κ1) is 13.1. The molecule has 0 saturated carbocycles. The third-order valence-corrected chi connectivity index (χ3v) is 3.84. The number of carbonyl (C=O) groups is 1. The normalized spacial score (nSPS) is 15.1. The SMILES string of the molecule is CNC(C)(C)C(=O)Nc1cccc2c1CCCC2. The van der Waals surface area contributed by atoms with Crippen LogP contribution in [-0.4, -0.2) is 18.5 Å². The van der Waals surface area contributed by atoms with Crippen LogP contribution in [-0.2, 0) is 17.6 Å². The molecular weight excluding hydrogens is 224 g/mol. The van der Waals surface area contributed by atoms with Crippen molar-refractivity contribution in [2.24, 2.45) is 0 Å². The van der Waals surface area contributed by atoms with Gasteiger partial charge in [0.2, 0.25) is 5.91 Å². The number of carbonyl (C=O) groups excluding carboxylic acids is 1. The molecule has 0 spiro atoms. The van der Waals surface area contributed by atoms with Gasteiger partial charge in [-0.3, -0.25) is 4.79 Å². The van der Waals surface area contributed by atoms with Gasteiger partial charge in [0, 0.05) is 5.69 Å². The van der Waals surface area contributed by atoms with E-state index in [0.29, 0.717) is 0 Å². The Balaban J connectivity index is 2.22. The Morgan fingerprint density at radius 2 is 1.94 bits per heavy atom. The highest BCUT2D eigenvalue weighted by molar-refractivity contribution is 5.98. The highest BCUT2D eigenvalue weighted by Crippen LogP contribution is 2.28. The summed E-state index contributed by atoms with van der Waals surface area (Å²) in [5.74, 6) is 0.0176. The van der Waals surface area contributed by atoms with Crippen LogP contribution in [0.1, 0.15) is 37.8 Å². The maximum atomic E-state index is 12.2. The van der Waals surface area contributed by atoms with E-state index >= 15 is 0 Å². The minimum atomic E-state index is -0.544. The average Bonchev–Trinajstić information content (AvgIpc) is 2.39. The van der Waals surface area contributed by atoms with Crippen molar-refractivity contribution in [2.45, 2.75) is 45.1 Å². The lowest BCUT2D eigenvalue weighted by atomic mass is 9.90. The predicted molar refractivity (Wildman–Crippen MR) is 74.9 cm³/mol. The van der Waals surface area contributed by atoms with Gasteiger partial charge >= 0.3 is 0 Å². The number of anilines is 1. The van der Waals surface area contributed by atoms with Gasteiger partial charge in [-0.2, -0.15) is 0 Å². The Bertz CT molecular complexity index is 452. The van der Waals surface area contributed by atoms with Gasteiger partial charge in [-0.25, -0.2) is 0 Å². The summed E-state index contributed by atoms with van der Waals surface area (Å²) >= 11 is 0. The molecule has 0 aromatic heterocycles. The molecular formula is C15H22N2O. The number of nitrogens with one attached hydrogen (secondary N) is 2. The van der Waals surface area contributed by atoms with Gasteiger partial charge in [-0.05, 0) is 63.8 Å². The van der Waals surface area contributed by atoms with Crippen molar-refractivity contribution in [3.63, 3.8) is 0 Å². The number of hydrogen-bond donors (Lipinski definition) is 2. The molecule has 0 saturated heterocycles. The molecule has 0 heterocycles. The second kappa shape index (κ2) is 5.11. The first-order chi connectivity index (χ1) is 8.54. The summed E-state index contributed by atoms with van der Waals surface area (Å²) in [4.78, 5) is 12.2. The smallest absolute Gasteiger partial charge is 0.244 e. The maximum Gasteiger partial charge on any atom is 0.244 e. The second-order valence-electron chi connectivity index (χ2n) is 5.48. The van der Waals surface area contributed by atoms with E-state index in [1.165, 1.54) is 24.0 Å². The number of likely N-dealkylation sites (N-methyl/N-ethyl adjacent to an activating group) is 1. The van der Waals surface area contributed by atoms with E-state index in [9.17, 15) is 4.79 Å². The largest absolute Gasteiger partial charge is 0.324 e. The molecule has 0 unspecified atom stereocenters. The summed E-state index contributed by atoms with van der Waals surface area (Å²) in [6.07, 6.45) is 4.68. The fourth-order valence-corrected chi connectivity index (χ4v) is 2.29. The van der Waals surface area contributed by atoms with Crippen molar-refractivity contribution < 1.29 is 4.79 Å². The molecule has 0 radical (unpaired) electrons. The third kappa shape index (κ3) is 2.56. The molecule has 98 valence electrons. The Morgan fingerprint density at radius 3 is 2.67 bits per heavy atom. The fraction of sp³-hybridized carbons (Fsp3) is 0.533. The van der Waals surface area contributed by atoms with Crippen molar-refractivity contribution in [1.29, 1.82) is 0 Å². The molecule has 1 aliphatic carbocycles. The predicted octanol–water partition coefficient (Wildman–Crippen LogP) is 2.50. The molecule has 1 aromatic rings. The van der Waals surface area contributed by atoms with Gasteiger partial charge in [-0.1, -0.05) is 12.1 Å². The topological polar surface area (TPSA) is 41.1 Å². The zero-order valence-electron chi connectivity index (χ0n) is 11.5. The standard InChI is InChI=1S/C15H22N2O/c1-15(2,16-3)14(18)17-13-10-6-8-11-7-4-5-9-12(11)13/h6,8,10,16H,4-5,7,9H2,1-3H3,(H,17,18). The molecule has 3 nitrogen and oxygen atoms in total. The summed E-state index contributed by atoms with van der Waals surface area (Å²) in [6.45, 7) is 3.77. The minimum absolute atomic E-state index is 0.0176. The van der Waals surface area contributed by atoms with E-state index < -0.39 is 5.54 Å². The molecule has 18 heavy (non-hydrogen) atoms. The molecule has 0 bridgehead atoms. The number of rotatable bonds is 3. The van der Waals surface area contributed by atoms with Crippen LogP contribution in [0.5, 0.6) is 0 Å². The number of amides is 1. The molecule has 1 aromatic carbocycles. The highest BCUT2D eigenvalue weighted by Gasteiger charge is 2.26. The Kier molecular flexibility index (Phi) is 3.71. The highest BCUT2D eigenvalue weighted by atomic mass is 16.2. The summed E-state index contributed by atoms with van der Waals surface area (Å²) < 4.78 is 0. The first-order valence-corrected chi connectivity index (χ1v) is 6.66. The zero-order chi connectivity index (χ0) is 13.2. The maximum absolute atomic E-state index is 12.2. The summed E-state index contributed by atoms with van der Waals surface area (Å²) in [5, 5.41) is 6.09. The third-order valence-electron chi connectivity index (χ3n) is 3.84. The second-order valence-corrected chi connectivity index (χ2v) is 5.48. The van der Waals surface area contributed by atoms with Crippen LogP contribution in [0.4, 0.5) is 5.69 Å². The number of benzene rings is 1. The van der Waals surface area contributed by atoms with E-state index in [2.05, 4.69) is 16.7 Å².